The van der Waals surface area contributed by atoms with Crippen LogP contribution in [0, 0.1) is 12.7 Å². The fourth-order valence-electron chi connectivity index (χ4n) is 1.06. The fourth-order valence-corrected chi connectivity index (χ4v) is 2.56. The molecule has 0 atom stereocenters. The second kappa shape index (κ2) is 3.96. The molecular formula is C8H9BrFNO2S. The van der Waals surface area contributed by atoms with Crippen molar-refractivity contribution in [3.05, 3.63) is 28.0 Å². The van der Waals surface area contributed by atoms with E-state index >= 15 is 0 Å². The van der Waals surface area contributed by atoms with Gasteiger partial charge in [0.1, 0.15) is 4.90 Å². The molecule has 0 spiro atoms. The minimum atomic E-state index is -3.74. The largest absolute Gasteiger partial charge is 0.243 e. The number of hydrogen-bond donors (Lipinski definition) is 1. The van der Waals surface area contributed by atoms with Crippen molar-refractivity contribution in [1.82, 2.24) is 4.72 Å². The molecule has 0 heterocycles. The third kappa shape index (κ3) is 1.97. The summed E-state index contributed by atoms with van der Waals surface area (Å²) in [5.41, 5.74) is 0.375. The highest BCUT2D eigenvalue weighted by Crippen LogP contribution is 2.25. The first kappa shape index (κ1) is 11.6. The fraction of sp³-hybridized carbons (Fsp3) is 0.250. The van der Waals surface area contributed by atoms with Gasteiger partial charge >= 0.3 is 0 Å². The minimum Gasteiger partial charge on any atom is -0.214 e. The molecular weight excluding hydrogens is 273 g/mol. The van der Waals surface area contributed by atoms with Crippen LogP contribution >= 0.6 is 15.9 Å². The van der Waals surface area contributed by atoms with Crippen LogP contribution in [0.5, 0.6) is 0 Å². The maximum absolute atomic E-state index is 13.5. The SMILES string of the molecule is CNS(=O)(=O)c1c(C)ccc(Br)c1F. The monoisotopic (exact) mass is 281 g/mol. The molecule has 6 heteroatoms. The highest BCUT2D eigenvalue weighted by molar-refractivity contribution is 9.10. The Balaban J connectivity index is 3.56. The van der Waals surface area contributed by atoms with Crippen molar-refractivity contribution in [2.75, 3.05) is 7.05 Å². The summed E-state index contributed by atoms with van der Waals surface area (Å²) in [6.45, 7) is 1.54. The molecule has 0 amide bonds. The second-order valence-electron chi connectivity index (χ2n) is 2.71. The van der Waals surface area contributed by atoms with E-state index < -0.39 is 15.8 Å². The van der Waals surface area contributed by atoms with Gasteiger partial charge in [0.2, 0.25) is 10.0 Å². The topological polar surface area (TPSA) is 46.2 Å². The Morgan fingerprint density at radius 1 is 1.43 bits per heavy atom. The maximum atomic E-state index is 13.5. The molecule has 0 aliphatic heterocycles. The van der Waals surface area contributed by atoms with Crippen molar-refractivity contribution in [2.24, 2.45) is 0 Å². The summed E-state index contributed by atoms with van der Waals surface area (Å²) in [6, 6.07) is 3.01. The summed E-state index contributed by atoms with van der Waals surface area (Å²) in [6.07, 6.45) is 0. The first-order chi connectivity index (χ1) is 6.40. The molecule has 14 heavy (non-hydrogen) atoms. The normalized spacial score (nSPS) is 11.7. The van der Waals surface area contributed by atoms with Crippen LogP contribution in [-0.4, -0.2) is 15.5 Å². The Hall–Kier alpha value is -0.460. The van der Waals surface area contributed by atoms with Crippen molar-refractivity contribution in [1.29, 1.82) is 0 Å². The summed E-state index contributed by atoms with van der Waals surface area (Å²) < 4.78 is 38.5. The lowest BCUT2D eigenvalue weighted by Crippen LogP contribution is -2.21. The van der Waals surface area contributed by atoms with Gasteiger partial charge in [-0.3, -0.25) is 0 Å². The van der Waals surface area contributed by atoms with E-state index in [1.165, 1.54) is 19.2 Å². The zero-order valence-corrected chi connectivity index (χ0v) is 10.0. The standard InChI is InChI=1S/C8H9BrFNO2S/c1-5-3-4-6(9)7(10)8(5)14(12,13)11-2/h3-4,11H,1-2H3. The van der Waals surface area contributed by atoms with Gasteiger partial charge in [0.25, 0.3) is 0 Å². The van der Waals surface area contributed by atoms with Crippen molar-refractivity contribution in [2.45, 2.75) is 11.8 Å². The summed E-state index contributed by atoms with van der Waals surface area (Å²) in [5.74, 6) is -0.764. The lowest BCUT2D eigenvalue weighted by atomic mass is 10.2. The molecule has 0 saturated heterocycles. The van der Waals surface area contributed by atoms with Gasteiger partial charge in [-0.2, -0.15) is 0 Å². The molecule has 0 aliphatic carbocycles. The molecule has 0 radical (unpaired) electrons. The number of aryl methyl sites for hydroxylation is 1. The van der Waals surface area contributed by atoms with Crippen LogP contribution in [-0.2, 0) is 10.0 Å². The quantitative estimate of drug-likeness (QED) is 0.899. The average molecular weight is 282 g/mol. The summed E-state index contributed by atoms with van der Waals surface area (Å²) in [4.78, 5) is -0.311. The van der Waals surface area contributed by atoms with E-state index in [-0.39, 0.29) is 9.37 Å². The molecule has 0 aromatic heterocycles. The van der Waals surface area contributed by atoms with E-state index in [4.69, 9.17) is 0 Å². The Bertz CT molecular complexity index is 459. The van der Waals surface area contributed by atoms with E-state index in [9.17, 15) is 12.8 Å². The van der Waals surface area contributed by atoms with Crippen LogP contribution in [0.15, 0.2) is 21.5 Å². The zero-order chi connectivity index (χ0) is 10.9. The third-order valence-electron chi connectivity index (χ3n) is 1.78. The van der Waals surface area contributed by atoms with Gasteiger partial charge in [-0.25, -0.2) is 17.5 Å². The summed E-state index contributed by atoms with van der Waals surface area (Å²) in [5, 5.41) is 0. The van der Waals surface area contributed by atoms with Crippen molar-refractivity contribution in [3.8, 4) is 0 Å². The van der Waals surface area contributed by atoms with E-state index in [0.717, 1.165) is 0 Å². The number of rotatable bonds is 2. The average Bonchev–Trinajstić information content (AvgIpc) is 2.12. The van der Waals surface area contributed by atoms with Gasteiger partial charge < -0.3 is 0 Å². The first-order valence-corrected chi connectivity index (χ1v) is 6.06. The van der Waals surface area contributed by atoms with Crippen LogP contribution in [0.3, 0.4) is 0 Å². The van der Waals surface area contributed by atoms with E-state index in [1.54, 1.807) is 6.92 Å². The second-order valence-corrected chi connectivity index (χ2v) is 5.39. The Kier molecular flexibility index (Phi) is 3.28. The van der Waals surface area contributed by atoms with Gasteiger partial charge in [0.15, 0.2) is 5.82 Å². The van der Waals surface area contributed by atoms with Gasteiger partial charge in [-0.05, 0) is 41.5 Å². The molecule has 0 aliphatic rings. The molecule has 0 fully saturated rings. The van der Waals surface area contributed by atoms with Gasteiger partial charge in [-0.1, -0.05) is 6.07 Å². The molecule has 1 aromatic carbocycles. The molecule has 1 rings (SSSR count). The van der Waals surface area contributed by atoms with Crippen LogP contribution in [0.4, 0.5) is 4.39 Å². The van der Waals surface area contributed by atoms with Crippen molar-refractivity contribution in [3.63, 3.8) is 0 Å². The Morgan fingerprint density at radius 2 is 2.00 bits per heavy atom. The number of benzene rings is 1. The number of halogens is 2. The van der Waals surface area contributed by atoms with E-state index in [1.807, 2.05) is 0 Å². The lowest BCUT2D eigenvalue weighted by Gasteiger charge is -2.08. The third-order valence-corrected chi connectivity index (χ3v) is 3.97. The van der Waals surface area contributed by atoms with Crippen LogP contribution in [0.2, 0.25) is 0 Å². The lowest BCUT2D eigenvalue weighted by molar-refractivity contribution is 0.556. The number of hydrogen-bond acceptors (Lipinski definition) is 2. The molecule has 78 valence electrons. The maximum Gasteiger partial charge on any atom is 0.243 e. The highest BCUT2D eigenvalue weighted by atomic mass is 79.9. The van der Waals surface area contributed by atoms with E-state index in [0.29, 0.717) is 5.56 Å². The molecule has 3 nitrogen and oxygen atoms in total. The van der Waals surface area contributed by atoms with Crippen molar-refractivity contribution >= 4 is 26.0 Å². The highest BCUT2D eigenvalue weighted by Gasteiger charge is 2.21. The van der Waals surface area contributed by atoms with Crippen LogP contribution in [0.25, 0.3) is 0 Å². The van der Waals surface area contributed by atoms with Crippen LogP contribution in [0.1, 0.15) is 5.56 Å². The van der Waals surface area contributed by atoms with Crippen molar-refractivity contribution < 1.29 is 12.8 Å². The first-order valence-electron chi connectivity index (χ1n) is 3.78. The molecule has 1 N–H and O–H groups in total. The van der Waals surface area contributed by atoms with Crippen LogP contribution < -0.4 is 4.72 Å². The zero-order valence-electron chi connectivity index (χ0n) is 7.64. The van der Waals surface area contributed by atoms with Gasteiger partial charge in [0, 0.05) is 0 Å². The van der Waals surface area contributed by atoms with E-state index in [2.05, 4.69) is 20.7 Å². The number of nitrogens with one attached hydrogen (secondary N) is 1. The predicted molar refractivity (Wildman–Crippen MR) is 55.1 cm³/mol. The summed E-state index contributed by atoms with van der Waals surface area (Å²) >= 11 is 2.93. The summed E-state index contributed by atoms with van der Waals surface area (Å²) in [7, 11) is -2.49. The molecule has 1 aromatic rings. The number of sulfonamides is 1. The van der Waals surface area contributed by atoms with Gasteiger partial charge in [-0.15, -0.1) is 0 Å². The predicted octanol–water partition coefficient (Wildman–Crippen LogP) is 1.80. The molecule has 0 bridgehead atoms. The minimum absolute atomic E-state index is 0.136. The van der Waals surface area contributed by atoms with Gasteiger partial charge in [0.05, 0.1) is 4.47 Å². The Labute approximate surface area is 90.5 Å². The molecule has 0 saturated carbocycles. The molecule has 0 unspecified atom stereocenters. The smallest absolute Gasteiger partial charge is 0.214 e. The Morgan fingerprint density at radius 3 is 2.50 bits per heavy atom.